The average molecular weight is 478 g/mol. The van der Waals surface area contributed by atoms with E-state index in [1.54, 1.807) is 19.9 Å². The Kier molecular flexibility index (Phi) is 5.34. The van der Waals surface area contributed by atoms with Crippen LogP contribution in [-0.4, -0.2) is 54.2 Å². The second-order valence-electron chi connectivity index (χ2n) is 6.99. The molecular formula is C17H17F3N4O5S2. The Labute approximate surface area is 179 Å². The van der Waals surface area contributed by atoms with Gasteiger partial charge in [-0.15, -0.1) is 0 Å². The first-order valence-electron chi connectivity index (χ1n) is 9.08. The second-order valence-corrected chi connectivity index (χ2v) is 9.30. The van der Waals surface area contributed by atoms with Gasteiger partial charge in [0.15, 0.2) is 0 Å². The first-order valence-corrected chi connectivity index (χ1v) is 11.3. The van der Waals surface area contributed by atoms with Crippen molar-refractivity contribution in [2.45, 2.75) is 32.3 Å². The number of aromatic nitrogens is 3. The molecule has 3 aromatic rings. The van der Waals surface area contributed by atoms with Gasteiger partial charge in [0, 0.05) is 17.7 Å². The Hall–Kier alpha value is -2.45. The van der Waals surface area contributed by atoms with Crippen LogP contribution >= 0.6 is 11.5 Å². The summed E-state index contributed by atoms with van der Waals surface area (Å²) >= 11 is 0.782. The molecule has 1 atom stereocenters. The maximum atomic E-state index is 12.9. The van der Waals surface area contributed by atoms with Gasteiger partial charge in [0.2, 0.25) is 0 Å². The van der Waals surface area contributed by atoms with Gasteiger partial charge in [-0.3, -0.25) is 0 Å². The van der Waals surface area contributed by atoms with Gasteiger partial charge in [-0.1, -0.05) is 5.16 Å². The normalized spacial score (nSPS) is 18.0. The number of alkyl halides is 3. The Morgan fingerprint density at radius 2 is 2.06 bits per heavy atom. The van der Waals surface area contributed by atoms with Crippen molar-refractivity contribution in [3.8, 4) is 17.0 Å². The number of nitrogens with zero attached hydrogens (tertiary/aromatic N) is 4. The lowest BCUT2D eigenvalue weighted by molar-refractivity contribution is -0.0500. The molecule has 0 saturated carbocycles. The summed E-state index contributed by atoms with van der Waals surface area (Å²) in [4.78, 5) is 6.34. The number of halogens is 3. The molecule has 31 heavy (non-hydrogen) atoms. The lowest BCUT2D eigenvalue weighted by Gasteiger charge is -2.34. The predicted octanol–water partition coefficient (Wildman–Crippen LogP) is 3.42. The zero-order valence-corrected chi connectivity index (χ0v) is 18.2. The molecule has 1 aliphatic rings. The number of ether oxygens (including phenoxy) is 1. The van der Waals surface area contributed by atoms with Crippen molar-refractivity contribution in [3.63, 3.8) is 0 Å². The molecule has 4 rings (SSSR count). The minimum atomic E-state index is -5.90. The SMILES string of the molecule is Cc1noc(C)c1-c1cc(N2CCOCC2C)nc2c(OS(=O)(=O)C(F)(F)F)nsc12. The molecule has 0 bridgehead atoms. The van der Waals surface area contributed by atoms with Crippen molar-refractivity contribution in [1.29, 1.82) is 0 Å². The largest absolute Gasteiger partial charge is 0.534 e. The highest BCUT2D eigenvalue weighted by Gasteiger charge is 2.49. The fraction of sp³-hybridized carbons (Fsp3) is 0.471. The molecule has 1 aliphatic heterocycles. The van der Waals surface area contributed by atoms with E-state index in [2.05, 4.69) is 18.7 Å². The molecule has 3 aromatic heterocycles. The summed E-state index contributed by atoms with van der Waals surface area (Å²) in [5.41, 5.74) is -3.94. The first-order chi connectivity index (χ1) is 14.5. The number of anilines is 1. The molecule has 1 saturated heterocycles. The van der Waals surface area contributed by atoms with Crippen LogP contribution in [-0.2, 0) is 14.9 Å². The number of morpholine rings is 1. The Balaban J connectivity index is 1.93. The number of hydrogen-bond acceptors (Lipinski definition) is 10. The van der Waals surface area contributed by atoms with E-state index >= 15 is 0 Å². The Morgan fingerprint density at radius 1 is 1.32 bits per heavy atom. The van der Waals surface area contributed by atoms with Crippen molar-refractivity contribution in [3.05, 3.63) is 17.5 Å². The van der Waals surface area contributed by atoms with Crippen molar-refractivity contribution in [2.75, 3.05) is 24.7 Å². The van der Waals surface area contributed by atoms with E-state index in [9.17, 15) is 21.6 Å². The summed E-state index contributed by atoms with van der Waals surface area (Å²) in [7, 11) is -5.90. The number of fused-ring (bicyclic) bond motifs is 1. The molecule has 0 N–H and O–H groups in total. The fourth-order valence-electron chi connectivity index (χ4n) is 3.36. The summed E-state index contributed by atoms with van der Waals surface area (Å²) in [5, 5.41) is 3.93. The molecule has 9 nitrogen and oxygen atoms in total. The number of pyridine rings is 1. The quantitative estimate of drug-likeness (QED) is 0.412. The standard InChI is InChI=1S/C17H17F3N4O5S2/c1-8-7-27-5-4-24(8)12-6-11(13-9(2)22-28-10(13)3)15-14(21-12)16(23-30-15)29-31(25,26)17(18,19)20/h6,8H,4-5,7H2,1-3H3. The van der Waals surface area contributed by atoms with E-state index in [1.165, 1.54) is 0 Å². The van der Waals surface area contributed by atoms with Crippen molar-refractivity contribution in [1.82, 2.24) is 14.5 Å². The smallest absolute Gasteiger partial charge is 0.377 e. The minimum absolute atomic E-state index is 0.0638. The summed E-state index contributed by atoms with van der Waals surface area (Å²) in [5.74, 6) is 0.186. The number of aryl methyl sites for hydroxylation is 2. The lowest BCUT2D eigenvalue weighted by Crippen LogP contribution is -2.44. The molecule has 0 aliphatic carbocycles. The van der Waals surface area contributed by atoms with Crippen LogP contribution < -0.4 is 9.08 Å². The van der Waals surface area contributed by atoms with E-state index in [0.717, 1.165) is 11.5 Å². The van der Waals surface area contributed by atoms with Gasteiger partial charge in [-0.25, -0.2) is 4.98 Å². The topological polar surface area (TPSA) is 108 Å². The van der Waals surface area contributed by atoms with Crippen LogP contribution in [0.2, 0.25) is 0 Å². The van der Waals surface area contributed by atoms with Gasteiger partial charge >= 0.3 is 15.6 Å². The zero-order chi connectivity index (χ0) is 22.6. The monoisotopic (exact) mass is 478 g/mol. The maximum Gasteiger partial charge on any atom is 0.534 e. The van der Waals surface area contributed by atoms with Crippen LogP contribution in [0.15, 0.2) is 10.6 Å². The number of rotatable bonds is 4. The van der Waals surface area contributed by atoms with Crippen LogP contribution in [0.25, 0.3) is 21.3 Å². The Bertz CT molecular complexity index is 1220. The van der Waals surface area contributed by atoms with Gasteiger partial charge in [0.1, 0.15) is 17.1 Å². The summed E-state index contributed by atoms with van der Waals surface area (Å²) in [6, 6.07) is 1.70. The molecule has 0 spiro atoms. The molecule has 4 heterocycles. The van der Waals surface area contributed by atoms with Gasteiger partial charge < -0.3 is 18.3 Å². The van der Waals surface area contributed by atoms with Crippen LogP contribution in [0.4, 0.5) is 19.0 Å². The summed E-state index contributed by atoms with van der Waals surface area (Å²) < 4.78 is 80.9. The highest BCUT2D eigenvalue weighted by Crippen LogP contribution is 2.41. The van der Waals surface area contributed by atoms with Crippen molar-refractivity contribution < 1.29 is 35.0 Å². The van der Waals surface area contributed by atoms with Crippen LogP contribution in [0, 0.1) is 13.8 Å². The summed E-state index contributed by atoms with van der Waals surface area (Å²) in [6.07, 6.45) is 0. The molecular weight excluding hydrogens is 461 g/mol. The van der Waals surface area contributed by atoms with E-state index in [4.69, 9.17) is 9.26 Å². The third-order valence-electron chi connectivity index (χ3n) is 4.82. The molecule has 1 fully saturated rings. The van der Waals surface area contributed by atoms with Crippen LogP contribution in [0.1, 0.15) is 18.4 Å². The lowest BCUT2D eigenvalue weighted by atomic mass is 10.0. The highest BCUT2D eigenvalue weighted by atomic mass is 32.2. The van der Waals surface area contributed by atoms with Gasteiger partial charge in [-0.2, -0.15) is 26.0 Å². The third-order valence-corrected chi connectivity index (χ3v) is 6.62. The van der Waals surface area contributed by atoms with Crippen molar-refractivity contribution >= 4 is 37.7 Å². The fourth-order valence-corrected chi connectivity index (χ4v) is 4.60. The van der Waals surface area contributed by atoms with E-state index in [1.807, 2.05) is 11.8 Å². The van der Waals surface area contributed by atoms with E-state index < -0.39 is 21.5 Å². The minimum Gasteiger partial charge on any atom is -0.377 e. The third kappa shape index (κ3) is 3.83. The number of hydrogen-bond donors (Lipinski definition) is 0. The zero-order valence-electron chi connectivity index (χ0n) is 16.6. The molecule has 168 valence electrons. The molecule has 0 aromatic carbocycles. The Morgan fingerprint density at radius 3 is 2.68 bits per heavy atom. The molecule has 14 heteroatoms. The molecule has 0 amide bonds. The van der Waals surface area contributed by atoms with Crippen molar-refractivity contribution in [2.24, 2.45) is 0 Å². The van der Waals surface area contributed by atoms with Gasteiger partial charge in [0.25, 0.3) is 5.88 Å². The van der Waals surface area contributed by atoms with E-state index in [-0.39, 0.29) is 11.6 Å². The van der Waals surface area contributed by atoms with E-state index in [0.29, 0.717) is 52.9 Å². The average Bonchev–Trinajstić information content (AvgIpc) is 3.23. The first kappa shape index (κ1) is 21.8. The van der Waals surface area contributed by atoms with Crippen LogP contribution in [0.5, 0.6) is 5.88 Å². The highest BCUT2D eigenvalue weighted by molar-refractivity contribution is 7.88. The summed E-state index contributed by atoms with van der Waals surface area (Å²) in [6.45, 7) is 6.71. The second kappa shape index (κ2) is 7.60. The molecule has 0 radical (unpaired) electrons. The molecule has 1 unspecified atom stereocenters. The predicted molar refractivity (Wildman–Crippen MR) is 106 cm³/mol. The van der Waals surface area contributed by atoms with Gasteiger partial charge in [0.05, 0.1) is 29.6 Å². The van der Waals surface area contributed by atoms with Crippen LogP contribution in [0.3, 0.4) is 0 Å². The van der Waals surface area contributed by atoms with Gasteiger partial charge in [-0.05, 0) is 38.4 Å². The maximum absolute atomic E-state index is 12.9.